The highest BCUT2D eigenvalue weighted by atomic mass is 35.5. The third-order valence-corrected chi connectivity index (χ3v) is 9.66. The van der Waals surface area contributed by atoms with Gasteiger partial charge in [-0.25, -0.2) is 0 Å². The Morgan fingerprint density at radius 3 is 2.14 bits per heavy atom. The molecule has 0 aliphatic carbocycles. The summed E-state index contributed by atoms with van der Waals surface area (Å²) >= 11 is 5.73. The molecule has 316 valence electrons. The Morgan fingerprint density at radius 2 is 1.47 bits per heavy atom. The first-order valence-corrected chi connectivity index (χ1v) is 19.7. The van der Waals surface area contributed by atoms with Crippen molar-refractivity contribution in [1.29, 1.82) is 0 Å². The van der Waals surface area contributed by atoms with Gasteiger partial charge in [0.1, 0.15) is 11.6 Å². The number of carbonyl (C=O) groups excluding carboxylic acids is 3. The summed E-state index contributed by atoms with van der Waals surface area (Å²) in [6, 6.07) is 15.5. The minimum absolute atomic E-state index is 0.0718. The van der Waals surface area contributed by atoms with E-state index in [1.165, 1.54) is 12.1 Å². The van der Waals surface area contributed by atoms with Gasteiger partial charge in [-0.3, -0.25) is 23.6 Å². The number of rotatable bonds is 21. The third kappa shape index (κ3) is 11.5. The zero-order chi connectivity index (χ0) is 41.8. The predicted octanol–water partition coefficient (Wildman–Crippen LogP) is 5.05. The van der Waals surface area contributed by atoms with E-state index in [0.717, 1.165) is 47.0 Å². The monoisotopic (exact) mass is 842 g/mol. The Bertz CT molecular complexity index is 2210. The van der Waals surface area contributed by atoms with Gasteiger partial charge in [-0.2, -0.15) is 18.3 Å². The molecule has 0 unspecified atom stereocenters. The topological polar surface area (TPSA) is 147 Å². The van der Waals surface area contributed by atoms with Crippen molar-refractivity contribution in [1.82, 2.24) is 25.0 Å². The Kier molecular flexibility index (Phi) is 15.2. The summed E-state index contributed by atoms with van der Waals surface area (Å²) in [7, 11) is 1.76. The van der Waals surface area contributed by atoms with Crippen molar-refractivity contribution in [3.63, 3.8) is 0 Å². The second-order valence-corrected chi connectivity index (χ2v) is 13.8. The van der Waals surface area contributed by atoms with E-state index in [1.807, 2.05) is 18.3 Å². The number of benzene rings is 3. The molecule has 0 atom stereocenters. The molecule has 0 fully saturated rings. The molecule has 3 aromatic carbocycles. The minimum atomic E-state index is -4.44. The van der Waals surface area contributed by atoms with E-state index in [9.17, 15) is 27.6 Å². The maximum absolute atomic E-state index is 13.2. The lowest BCUT2D eigenvalue weighted by Gasteiger charge is -2.29. The number of fused-ring (bicyclic) bond motifs is 4. The van der Waals surface area contributed by atoms with Crippen LogP contribution in [0.15, 0.2) is 66.9 Å². The Morgan fingerprint density at radius 1 is 0.814 bits per heavy atom. The van der Waals surface area contributed by atoms with Crippen LogP contribution in [0.4, 0.5) is 18.9 Å². The van der Waals surface area contributed by atoms with Gasteiger partial charge in [0, 0.05) is 60.6 Å². The Balaban J connectivity index is 0.780. The third-order valence-electron chi connectivity index (χ3n) is 9.44. The average molecular weight is 843 g/mol. The highest BCUT2D eigenvalue weighted by Gasteiger charge is 2.30. The fourth-order valence-corrected chi connectivity index (χ4v) is 6.80. The first-order valence-electron chi connectivity index (χ1n) is 19.2. The van der Waals surface area contributed by atoms with Crippen molar-refractivity contribution in [2.24, 2.45) is 7.05 Å². The molecule has 0 bridgehead atoms. The first kappa shape index (κ1) is 43.4. The zero-order valence-corrected chi connectivity index (χ0v) is 33.3. The predicted molar refractivity (Wildman–Crippen MR) is 214 cm³/mol. The number of hydrogen-bond acceptors (Lipinski definition) is 9. The summed E-state index contributed by atoms with van der Waals surface area (Å²) in [6.07, 6.45) is -0.978. The van der Waals surface area contributed by atoms with Crippen LogP contribution in [0.2, 0.25) is 0 Å². The molecule has 18 heteroatoms. The van der Waals surface area contributed by atoms with Gasteiger partial charge in [-0.15, -0.1) is 11.6 Å². The Labute approximate surface area is 343 Å². The normalized spacial score (nSPS) is 12.9. The van der Waals surface area contributed by atoms with Crippen LogP contribution in [-0.4, -0.2) is 117 Å². The van der Waals surface area contributed by atoms with Crippen molar-refractivity contribution in [2.45, 2.75) is 19.0 Å². The molecule has 0 spiro atoms. The fraction of sp³-hybridized carbons (Fsp3) is 0.415. The van der Waals surface area contributed by atoms with Gasteiger partial charge < -0.3 is 39.2 Å². The highest BCUT2D eigenvalue weighted by Crippen LogP contribution is 2.34. The number of aryl methyl sites for hydroxylation is 2. The zero-order valence-electron chi connectivity index (χ0n) is 32.5. The summed E-state index contributed by atoms with van der Waals surface area (Å²) in [5, 5.41) is 11.6. The minimum Gasteiger partial charge on any atom is -0.484 e. The molecule has 14 nitrogen and oxygen atoms in total. The van der Waals surface area contributed by atoms with Gasteiger partial charge in [0.25, 0.3) is 11.8 Å². The molecule has 2 N–H and O–H groups in total. The second-order valence-electron chi connectivity index (χ2n) is 13.6. The van der Waals surface area contributed by atoms with E-state index in [0.29, 0.717) is 87.5 Å². The molecule has 1 aliphatic heterocycles. The molecule has 0 saturated carbocycles. The standard InChI is InChI=1S/C41H46ClF3N6O8/c1-49-26-34-33-24-29(4-10-36(33)51(39(34)48-49)31-7-5-30(6-8-31)41(43,44)45)40(54)47-13-16-56-18-20-58-22-21-57-19-17-55-15-12-46-37(52)27-59-32-9-11-35-28(23-32)3-2-14-50(35)38(53)25-42/h4-11,23-24,26H,2-3,12-22,25,27H2,1H3,(H,46,52)(H,47,54). The van der Waals surface area contributed by atoms with Gasteiger partial charge in [0.2, 0.25) is 5.91 Å². The smallest absolute Gasteiger partial charge is 0.416 e. The number of aromatic nitrogens is 3. The van der Waals surface area contributed by atoms with Crippen LogP contribution in [-0.2, 0) is 48.2 Å². The number of amides is 3. The largest absolute Gasteiger partial charge is 0.484 e. The van der Waals surface area contributed by atoms with Crippen LogP contribution in [0.3, 0.4) is 0 Å². The van der Waals surface area contributed by atoms with Crippen LogP contribution in [0.5, 0.6) is 5.75 Å². The maximum atomic E-state index is 13.2. The summed E-state index contributed by atoms with van der Waals surface area (Å²) in [6.45, 7) is 3.86. The van der Waals surface area contributed by atoms with Crippen LogP contribution in [0, 0.1) is 0 Å². The van der Waals surface area contributed by atoms with E-state index >= 15 is 0 Å². The first-order chi connectivity index (χ1) is 28.5. The second kappa shape index (κ2) is 20.7. The molecular formula is C41H46ClF3N6O8. The van der Waals surface area contributed by atoms with E-state index in [4.69, 9.17) is 35.3 Å². The lowest BCUT2D eigenvalue weighted by molar-refractivity contribution is -0.137. The molecule has 0 radical (unpaired) electrons. The van der Waals surface area contributed by atoms with Crippen molar-refractivity contribution >= 4 is 56.9 Å². The SMILES string of the molecule is Cn1cc2c3cc(C(=O)NCCOCCOCCOCCOCCNC(=O)COc4ccc5c(c4)CCCN5C(=O)CCl)ccc3n(-c3ccc(C(F)(F)F)cc3)c2n1. The molecule has 0 saturated heterocycles. The van der Waals surface area contributed by atoms with Gasteiger partial charge in [-0.1, -0.05) is 0 Å². The van der Waals surface area contributed by atoms with Crippen LogP contribution in [0.1, 0.15) is 27.9 Å². The maximum Gasteiger partial charge on any atom is 0.416 e. The number of nitrogens with zero attached hydrogens (tertiary/aromatic N) is 4. The molecule has 6 rings (SSSR count). The lowest BCUT2D eigenvalue weighted by Crippen LogP contribution is -2.36. The van der Waals surface area contributed by atoms with Crippen molar-refractivity contribution in [3.8, 4) is 11.4 Å². The molecule has 3 heterocycles. The number of nitrogens with one attached hydrogen (secondary N) is 2. The van der Waals surface area contributed by atoms with E-state index in [1.54, 1.807) is 45.5 Å². The number of carbonyl (C=O) groups is 3. The van der Waals surface area contributed by atoms with Gasteiger partial charge >= 0.3 is 6.18 Å². The molecule has 1 aliphatic rings. The number of alkyl halides is 4. The summed E-state index contributed by atoms with van der Waals surface area (Å²) in [5.74, 6) is -0.212. The van der Waals surface area contributed by atoms with Crippen LogP contribution < -0.4 is 20.3 Å². The van der Waals surface area contributed by atoms with Crippen LogP contribution >= 0.6 is 11.6 Å². The van der Waals surface area contributed by atoms with Crippen LogP contribution in [0.25, 0.3) is 27.6 Å². The summed E-state index contributed by atoms with van der Waals surface area (Å²) in [4.78, 5) is 38.9. The lowest BCUT2D eigenvalue weighted by atomic mass is 10.0. The highest BCUT2D eigenvalue weighted by molar-refractivity contribution is 6.29. The molecular weight excluding hydrogens is 797 g/mol. The number of hydrogen-bond donors (Lipinski definition) is 2. The number of ether oxygens (including phenoxy) is 5. The van der Waals surface area contributed by atoms with Crippen molar-refractivity contribution in [2.75, 3.05) is 89.9 Å². The van der Waals surface area contributed by atoms with Crippen molar-refractivity contribution < 1.29 is 51.2 Å². The molecule has 5 aromatic rings. The van der Waals surface area contributed by atoms with Gasteiger partial charge in [-0.05, 0) is 79.1 Å². The number of anilines is 1. The van der Waals surface area contributed by atoms with E-state index < -0.39 is 11.7 Å². The van der Waals surface area contributed by atoms with Crippen molar-refractivity contribution in [3.05, 3.63) is 83.6 Å². The average Bonchev–Trinajstić information content (AvgIpc) is 3.75. The molecule has 2 aromatic heterocycles. The molecule has 3 amide bonds. The Hall–Kier alpha value is -5.20. The fourth-order valence-electron chi connectivity index (χ4n) is 6.65. The quantitative estimate of drug-likeness (QED) is 0.0766. The number of halogens is 4. The molecule has 59 heavy (non-hydrogen) atoms. The summed E-state index contributed by atoms with van der Waals surface area (Å²) < 4.78 is 70.6. The van der Waals surface area contributed by atoms with Gasteiger partial charge in [0.05, 0.1) is 63.9 Å². The summed E-state index contributed by atoms with van der Waals surface area (Å²) in [5.41, 5.74) is 3.30. The van der Waals surface area contributed by atoms with Gasteiger partial charge in [0.15, 0.2) is 12.3 Å². The van der Waals surface area contributed by atoms with E-state index in [-0.39, 0.29) is 43.4 Å². The van der Waals surface area contributed by atoms with E-state index in [2.05, 4.69) is 15.7 Å².